The summed E-state index contributed by atoms with van der Waals surface area (Å²) in [5.74, 6) is 0.538. The summed E-state index contributed by atoms with van der Waals surface area (Å²) in [5, 5.41) is 7.41. The molecule has 1 aliphatic heterocycles. The van der Waals surface area contributed by atoms with Crippen LogP contribution in [0.15, 0.2) is 30.6 Å². The largest absolute Gasteiger partial charge is 0.480 e. The second kappa shape index (κ2) is 4.59. The molecule has 3 rings (SSSR count). The van der Waals surface area contributed by atoms with E-state index in [0.717, 1.165) is 11.3 Å². The Hall–Kier alpha value is -2.01. The summed E-state index contributed by atoms with van der Waals surface area (Å²) in [6.07, 6.45) is 3.34. The van der Waals surface area contributed by atoms with Gasteiger partial charge in [0.25, 0.3) is 5.91 Å². The number of nitrogens with zero attached hydrogens (tertiary/aromatic N) is 2. The minimum Gasteiger partial charge on any atom is -0.480 e. The summed E-state index contributed by atoms with van der Waals surface area (Å²) in [5.41, 5.74) is 1.61. The van der Waals surface area contributed by atoms with Gasteiger partial charge in [-0.05, 0) is 23.8 Å². The quantitative estimate of drug-likeness (QED) is 0.914. The third-order valence-electron chi connectivity index (χ3n) is 2.96. The summed E-state index contributed by atoms with van der Waals surface area (Å²) in [6, 6.07) is 5.37. The zero-order valence-electron chi connectivity index (χ0n) is 10.3. The molecule has 2 aromatic rings. The van der Waals surface area contributed by atoms with E-state index >= 15 is 0 Å². The maximum absolute atomic E-state index is 12.1. The van der Waals surface area contributed by atoms with Gasteiger partial charge in [0.1, 0.15) is 5.75 Å². The van der Waals surface area contributed by atoms with E-state index in [9.17, 15) is 4.79 Å². The molecule has 0 aliphatic carbocycles. The van der Waals surface area contributed by atoms with Crippen LogP contribution in [0.5, 0.6) is 5.75 Å². The molecule has 0 spiro atoms. The molecular formula is C13H12ClN3O2. The number of aromatic nitrogens is 2. The first-order valence-corrected chi connectivity index (χ1v) is 6.24. The highest BCUT2D eigenvalue weighted by atomic mass is 35.5. The van der Waals surface area contributed by atoms with Crippen molar-refractivity contribution in [2.45, 2.75) is 12.5 Å². The summed E-state index contributed by atoms with van der Waals surface area (Å²) >= 11 is 5.92. The van der Waals surface area contributed by atoms with Crippen LogP contribution < -0.4 is 10.1 Å². The van der Waals surface area contributed by atoms with E-state index in [0.29, 0.717) is 17.1 Å². The number of amides is 1. The van der Waals surface area contributed by atoms with Crippen molar-refractivity contribution >= 4 is 23.2 Å². The van der Waals surface area contributed by atoms with Crippen LogP contribution in [-0.4, -0.2) is 21.8 Å². The van der Waals surface area contributed by atoms with Crippen molar-refractivity contribution in [2.24, 2.45) is 7.05 Å². The maximum atomic E-state index is 12.1. The molecule has 19 heavy (non-hydrogen) atoms. The van der Waals surface area contributed by atoms with E-state index < -0.39 is 6.10 Å². The van der Waals surface area contributed by atoms with Crippen LogP contribution in [0.1, 0.15) is 5.56 Å². The van der Waals surface area contributed by atoms with E-state index in [1.165, 1.54) is 0 Å². The van der Waals surface area contributed by atoms with Gasteiger partial charge in [-0.2, -0.15) is 5.10 Å². The monoisotopic (exact) mass is 277 g/mol. The van der Waals surface area contributed by atoms with E-state index in [1.807, 2.05) is 6.07 Å². The maximum Gasteiger partial charge on any atom is 0.265 e. The minimum absolute atomic E-state index is 0.180. The van der Waals surface area contributed by atoms with Crippen molar-refractivity contribution in [3.8, 4) is 5.75 Å². The lowest BCUT2D eigenvalue weighted by Crippen LogP contribution is -2.31. The van der Waals surface area contributed by atoms with Crippen LogP contribution in [-0.2, 0) is 18.3 Å². The highest BCUT2D eigenvalue weighted by molar-refractivity contribution is 6.30. The van der Waals surface area contributed by atoms with E-state index in [2.05, 4.69) is 10.4 Å². The Balaban J connectivity index is 1.70. The van der Waals surface area contributed by atoms with Gasteiger partial charge in [0.05, 0.1) is 11.9 Å². The van der Waals surface area contributed by atoms with Crippen molar-refractivity contribution in [3.05, 3.63) is 41.2 Å². The topological polar surface area (TPSA) is 56.2 Å². The molecule has 6 heteroatoms. The molecule has 0 bridgehead atoms. The number of nitrogens with one attached hydrogen (secondary N) is 1. The number of carbonyl (C=O) groups excluding carboxylic acids is 1. The molecule has 1 amide bonds. The molecule has 1 aromatic heterocycles. The molecule has 98 valence electrons. The number of rotatable bonds is 2. The van der Waals surface area contributed by atoms with Crippen molar-refractivity contribution in [3.63, 3.8) is 0 Å². The van der Waals surface area contributed by atoms with Crippen LogP contribution in [0.2, 0.25) is 5.02 Å². The molecule has 0 unspecified atom stereocenters. The SMILES string of the molecule is Cn1cc(NC(=O)[C@@H]2Cc3cc(Cl)ccc3O2)cn1. The fraction of sp³-hybridized carbons (Fsp3) is 0.231. The summed E-state index contributed by atoms with van der Waals surface area (Å²) < 4.78 is 7.23. The third kappa shape index (κ3) is 2.42. The van der Waals surface area contributed by atoms with Crippen LogP contribution in [0, 0.1) is 0 Å². The van der Waals surface area contributed by atoms with Gasteiger partial charge < -0.3 is 10.1 Å². The highest BCUT2D eigenvalue weighted by Gasteiger charge is 2.29. The standard InChI is InChI=1S/C13H12ClN3O2/c1-17-7-10(6-15-17)16-13(18)12-5-8-4-9(14)2-3-11(8)19-12/h2-4,6-7,12H,5H2,1H3,(H,16,18)/t12-/m0/s1. The molecule has 5 nitrogen and oxygen atoms in total. The predicted molar refractivity (Wildman–Crippen MR) is 71.4 cm³/mol. The molecule has 1 aromatic carbocycles. The van der Waals surface area contributed by atoms with E-state index in [-0.39, 0.29) is 5.91 Å². The van der Waals surface area contributed by atoms with Crippen molar-refractivity contribution in [2.75, 3.05) is 5.32 Å². The van der Waals surface area contributed by atoms with Crippen LogP contribution in [0.25, 0.3) is 0 Å². The molecule has 2 heterocycles. The molecule has 0 fully saturated rings. The van der Waals surface area contributed by atoms with Gasteiger partial charge in [-0.3, -0.25) is 9.48 Å². The second-order valence-electron chi connectivity index (χ2n) is 4.45. The third-order valence-corrected chi connectivity index (χ3v) is 3.20. The molecule has 1 N–H and O–H groups in total. The molecule has 0 saturated heterocycles. The Labute approximate surface area is 115 Å². The molecule has 1 atom stereocenters. The fourth-order valence-corrected chi connectivity index (χ4v) is 2.27. The average Bonchev–Trinajstić information content (AvgIpc) is 2.95. The summed E-state index contributed by atoms with van der Waals surface area (Å²) in [6.45, 7) is 0. The van der Waals surface area contributed by atoms with Gasteiger partial charge in [0.15, 0.2) is 6.10 Å². The van der Waals surface area contributed by atoms with E-state index in [1.54, 1.807) is 36.3 Å². The summed E-state index contributed by atoms with van der Waals surface area (Å²) in [7, 11) is 1.79. The number of hydrogen-bond acceptors (Lipinski definition) is 3. The Morgan fingerprint density at radius 2 is 2.42 bits per heavy atom. The van der Waals surface area contributed by atoms with Gasteiger partial charge in [-0.15, -0.1) is 0 Å². The Morgan fingerprint density at radius 3 is 3.16 bits per heavy atom. The first kappa shape index (κ1) is 12.0. The normalized spacial score (nSPS) is 16.8. The zero-order valence-corrected chi connectivity index (χ0v) is 11.0. The number of hydrogen-bond donors (Lipinski definition) is 1. The average molecular weight is 278 g/mol. The van der Waals surface area contributed by atoms with E-state index in [4.69, 9.17) is 16.3 Å². The Kier molecular flexibility index (Phi) is 2.91. The lowest BCUT2D eigenvalue weighted by molar-refractivity contribution is -0.122. The number of fused-ring (bicyclic) bond motifs is 1. The minimum atomic E-state index is -0.520. The van der Waals surface area contributed by atoms with Crippen LogP contribution >= 0.6 is 11.6 Å². The van der Waals surface area contributed by atoms with Crippen molar-refractivity contribution in [1.29, 1.82) is 0 Å². The lowest BCUT2D eigenvalue weighted by atomic mass is 10.1. The van der Waals surface area contributed by atoms with Gasteiger partial charge in [-0.25, -0.2) is 0 Å². The molecular weight excluding hydrogens is 266 g/mol. The van der Waals surface area contributed by atoms with Gasteiger partial charge in [0, 0.05) is 24.7 Å². The zero-order chi connectivity index (χ0) is 13.4. The van der Waals surface area contributed by atoms with Gasteiger partial charge >= 0.3 is 0 Å². The fourth-order valence-electron chi connectivity index (χ4n) is 2.07. The van der Waals surface area contributed by atoms with Crippen LogP contribution in [0.3, 0.4) is 0 Å². The highest BCUT2D eigenvalue weighted by Crippen LogP contribution is 2.31. The second-order valence-corrected chi connectivity index (χ2v) is 4.89. The summed E-state index contributed by atoms with van der Waals surface area (Å²) in [4.78, 5) is 12.1. The van der Waals surface area contributed by atoms with Gasteiger partial charge in [-0.1, -0.05) is 11.6 Å². The lowest BCUT2D eigenvalue weighted by Gasteiger charge is -2.09. The van der Waals surface area contributed by atoms with Crippen molar-refractivity contribution < 1.29 is 9.53 Å². The van der Waals surface area contributed by atoms with Crippen LogP contribution in [0.4, 0.5) is 5.69 Å². The first-order valence-electron chi connectivity index (χ1n) is 5.86. The smallest absolute Gasteiger partial charge is 0.265 e. The molecule has 0 radical (unpaired) electrons. The molecule has 1 aliphatic rings. The Bertz CT molecular complexity index is 639. The number of benzene rings is 1. The number of anilines is 1. The predicted octanol–water partition coefficient (Wildman–Crippen LogP) is 2.02. The first-order chi connectivity index (χ1) is 9.11. The number of carbonyl (C=O) groups is 1. The number of halogens is 1. The Morgan fingerprint density at radius 1 is 1.58 bits per heavy atom. The molecule has 0 saturated carbocycles. The number of ether oxygens (including phenoxy) is 1. The van der Waals surface area contributed by atoms with Crippen molar-refractivity contribution in [1.82, 2.24) is 9.78 Å². The number of aryl methyl sites for hydroxylation is 1. The van der Waals surface area contributed by atoms with Gasteiger partial charge in [0.2, 0.25) is 0 Å².